The summed E-state index contributed by atoms with van der Waals surface area (Å²) in [7, 11) is 1.73. The zero-order chi connectivity index (χ0) is 20.8. The Morgan fingerprint density at radius 2 is 2.14 bits per heavy atom. The minimum Gasteiger partial charge on any atom is -0.475 e. The molecule has 0 aliphatic carbocycles. The van der Waals surface area contributed by atoms with Crippen LogP contribution in [0.15, 0.2) is 24.4 Å². The van der Waals surface area contributed by atoms with Gasteiger partial charge in [-0.15, -0.1) is 0 Å². The number of pyridine rings is 1. The van der Waals surface area contributed by atoms with E-state index in [-0.39, 0.29) is 11.5 Å². The normalized spacial score (nSPS) is 24.1. The van der Waals surface area contributed by atoms with Crippen LogP contribution in [-0.2, 0) is 14.3 Å². The smallest absolute Gasteiger partial charge is 0.475 e. The summed E-state index contributed by atoms with van der Waals surface area (Å²) >= 11 is 0. The highest BCUT2D eigenvalue weighted by molar-refractivity contribution is 5.92. The second kappa shape index (κ2) is 9.33. The predicted molar refractivity (Wildman–Crippen MR) is 91.7 cm³/mol. The number of methoxy groups -OCH3 is 1. The Bertz CT molecular complexity index is 671. The fraction of sp³-hybridized carbons (Fsp3) is 0.611. The molecule has 3 rings (SSSR count). The number of aliphatic carboxylic acids is 1. The van der Waals surface area contributed by atoms with Crippen LogP contribution in [0.4, 0.5) is 13.2 Å². The number of aromatic nitrogens is 1. The van der Waals surface area contributed by atoms with Crippen molar-refractivity contribution in [3.8, 4) is 0 Å². The average Bonchev–Trinajstić information content (AvgIpc) is 3.26. The standard InChI is InChI=1S/C16H22N2O3.C2HF3O2/c1-20-9-5-13-10-16(21-11-13)6-8-18(12-16)15(19)14-4-2-3-7-17-14;3-2(4,5)1(6)7/h2-4,7,13H,5-6,8-12H2,1H3;(H,6,7). The molecule has 3 heterocycles. The molecule has 0 aromatic carbocycles. The highest BCUT2D eigenvalue weighted by Gasteiger charge is 2.46. The van der Waals surface area contributed by atoms with Gasteiger partial charge in [-0.05, 0) is 37.3 Å². The molecule has 2 fully saturated rings. The van der Waals surface area contributed by atoms with Crippen LogP contribution in [0.1, 0.15) is 29.8 Å². The molecule has 2 unspecified atom stereocenters. The number of amides is 1. The van der Waals surface area contributed by atoms with Crippen molar-refractivity contribution >= 4 is 11.9 Å². The monoisotopic (exact) mass is 404 g/mol. The van der Waals surface area contributed by atoms with Crippen molar-refractivity contribution in [3.05, 3.63) is 30.1 Å². The van der Waals surface area contributed by atoms with Gasteiger partial charge < -0.3 is 19.5 Å². The van der Waals surface area contributed by atoms with Crippen molar-refractivity contribution < 1.29 is 37.3 Å². The SMILES string of the molecule is COCCC1COC2(CCN(C(=O)c3ccccn3)C2)C1.O=C(O)C(F)(F)F. The fourth-order valence-electron chi connectivity index (χ4n) is 3.36. The Kier molecular flexibility index (Phi) is 7.36. The molecular weight excluding hydrogens is 381 g/mol. The first-order valence-electron chi connectivity index (χ1n) is 8.80. The average molecular weight is 404 g/mol. The third kappa shape index (κ3) is 5.90. The van der Waals surface area contributed by atoms with Crippen LogP contribution in [0.2, 0.25) is 0 Å². The van der Waals surface area contributed by atoms with Gasteiger partial charge in [0.15, 0.2) is 0 Å². The van der Waals surface area contributed by atoms with E-state index in [1.165, 1.54) is 0 Å². The zero-order valence-electron chi connectivity index (χ0n) is 15.4. The fourth-order valence-corrected chi connectivity index (χ4v) is 3.36. The molecule has 1 amide bonds. The number of alkyl halides is 3. The summed E-state index contributed by atoms with van der Waals surface area (Å²) in [5.41, 5.74) is 0.381. The lowest BCUT2D eigenvalue weighted by molar-refractivity contribution is -0.192. The number of likely N-dealkylation sites (tertiary alicyclic amines) is 1. The quantitative estimate of drug-likeness (QED) is 0.829. The highest BCUT2D eigenvalue weighted by Crippen LogP contribution is 2.39. The van der Waals surface area contributed by atoms with Gasteiger partial charge in [-0.1, -0.05) is 6.07 Å². The van der Waals surface area contributed by atoms with Crippen LogP contribution < -0.4 is 0 Å². The summed E-state index contributed by atoms with van der Waals surface area (Å²) in [6.45, 7) is 3.01. The number of halogens is 3. The molecule has 2 aliphatic rings. The van der Waals surface area contributed by atoms with E-state index in [0.29, 0.717) is 18.2 Å². The Balaban J connectivity index is 0.000000345. The highest BCUT2D eigenvalue weighted by atomic mass is 19.4. The molecule has 2 aliphatic heterocycles. The number of carboxylic acids is 1. The van der Waals surface area contributed by atoms with Gasteiger partial charge in [-0.3, -0.25) is 9.78 Å². The van der Waals surface area contributed by atoms with Crippen molar-refractivity contribution in [2.45, 2.75) is 31.0 Å². The molecule has 0 radical (unpaired) electrons. The summed E-state index contributed by atoms with van der Waals surface area (Å²) in [5.74, 6) is -2.20. The van der Waals surface area contributed by atoms with E-state index in [4.69, 9.17) is 19.4 Å². The Labute approximate surface area is 160 Å². The van der Waals surface area contributed by atoms with Crippen molar-refractivity contribution in [1.82, 2.24) is 9.88 Å². The number of hydrogen-bond donors (Lipinski definition) is 1. The second-order valence-corrected chi connectivity index (χ2v) is 6.84. The molecule has 1 aromatic rings. The molecule has 0 bridgehead atoms. The number of nitrogens with zero attached hydrogens (tertiary/aromatic N) is 2. The molecule has 2 atom stereocenters. The van der Waals surface area contributed by atoms with Gasteiger partial charge in [-0.25, -0.2) is 4.79 Å². The Morgan fingerprint density at radius 1 is 1.43 bits per heavy atom. The van der Waals surface area contributed by atoms with Gasteiger partial charge in [0.25, 0.3) is 5.91 Å². The maximum Gasteiger partial charge on any atom is 0.490 e. The third-order valence-electron chi connectivity index (χ3n) is 4.75. The number of carbonyl (C=O) groups excluding carboxylic acids is 1. The largest absolute Gasteiger partial charge is 0.490 e. The van der Waals surface area contributed by atoms with E-state index in [1.807, 2.05) is 17.0 Å². The van der Waals surface area contributed by atoms with Crippen LogP contribution >= 0.6 is 0 Å². The lowest BCUT2D eigenvalue weighted by Gasteiger charge is -2.23. The minimum absolute atomic E-state index is 0.0106. The topological polar surface area (TPSA) is 89.0 Å². The van der Waals surface area contributed by atoms with E-state index in [9.17, 15) is 18.0 Å². The molecule has 0 saturated carbocycles. The summed E-state index contributed by atoms with van der Waals surface area (Å²) in [6.07, 6.45) is -0.435. The van der Waals surface area contributed by atoms with Gasteiger partial charge in [0.05, 0.1) is 18.8 Å². The van der Waals surface area contributed by atoms with Gasteiger partial charge in [0, 0.05) is 26.5 Å². The molecule has 10 heteroatoms. The zero-order valence-corrected chi connectivity index (χ0v) is 15.4. The minimum atomic E-state index is -5.08. The number of ether oxygens (including phenoxy) is 2. The van der Waals surface area contributed by atoms with E-state index >= 15 is 0 Å². The Morgan fingerprint density at radius 3 is 2.71 bits per heavy atom. The summed E-state index contributed by atoms with van der Waals surface area (Å²) < 4.78 is 42.9. The van der Waals surface area contributed by atoms with Gasteiger partial charge in [0.2, 0.25) is 0 Å². The molecule has 28 heavy (non-hydrogen) atoms. The van der Waals surface area contributed by atoms with Crippen molar-refractivity contribution in [2.75, 3.05) is 33.4 Å². The van der Waals surface area contributed by atoms with Crippen molar-refractivity contribution in [2.24, 2.45) is 5.92 Å². The van der Waals surface area contributed by atoms with Crippen LogP contribution in [-0.4, -0.2) is 72.1 Å². The second-order valence-electron chi connectivity index (χ2n) is 6.84. The van der Waals surface area contributed by atoms with E-state index in [0.717, 1.165) is 39.0 Å². The first-order valence-corrected chi connectivity index (χ1v) is 8.80. The molecule has 1 spiro atoms. The third-order valence-corrected chi connectivity index (χ3v) is 4.75. The first-order chi connectivity index (χ1) is 13.2. The maximum atomic E-state index is 12.4. The van der Waals surface area contributed by atoms with Crippen molar-refractivity contribution in [3.63, 3.8) is 0 Å². The molecule has 7 nitrogen and oxygen atoms in total. The lowest BCUT2D eigenvalue weighted by atomic mass is 9.92. The molecule has 2 saturated heterocycles. The van der Waals surface area contributed by atoms with E-state index in [2.05, 4.69) is 4.98 Å². The lowest BCUT2D eigenvalue weighted by Crippen LogP contribution is -2.36. The predicted octanol–water partition coefficient (Wildman–Crippen LogP) is 2.37. The number of rotatable bonds is 4. The van der Waals surface area contributed by atoms with Crippen LogP contribution in [0.5, 0.6) is 0 Å². The maximum absolute atomic E-state index is 12.4. The van der Waals surface area contributed by atoms with Crippen molar-refractivity contribution in [1.29, 1.82) is 0 Å². The number of carbonyl (C=O) groups is 2. The van der Waals surface area contributed by atoms with E-state index in [1.54, 1.807) is 19.4 Å². The molecule has 1 N–H and O–H groups in total. The first kappa shape index (κ1) is 22.1. The Hall–Kier alpha value is -2.20. The molecule has 156 valence electrons. The molecular formula is C18H23F3N2O5. The van der Waals surface area contributed by atoms with E-state index < -0.39 is 12.1 Å². The van der Waals surface area contributed by atoms with Gasteiger partial charge in [-0.2, -0.15) is 13.2 Å². The van der Waals surface area contributed by atoms with Gasteiger partial charge >= 0.3 is 12.1 Å². The van der Waals surface area contributed by atoms with Crippen LogP contribution in [0, 0.1) is 5.92 Å². The summed E-state index contributed by atoms with van der Waals surface area (Å²) in [6, 6.07) is 5.44. The number of hydrogen-bond acceptors (Lipinski definition) is 5. The van der Waals surface area contributed by atoms with Crippen LogP contribution in [0.25, 0.3) is 0 Å². The summed E-state index contributed by atoms with van der Waals surface area (Å²) in [5, 5.41) is 7.12. The number of carboxylic acid groups (broad SMARTS) is 1. The molecule has 1 aromatic heterocycles. The van der Waals surface area contributed by atoms with Crippen LogP contribution in [0.3, 0.4) is 0 Å². The summed E-state index contributed by atoms with van der Waals surface area (Å²) in [4.78, 5) is 27.3. The van der Waals surface area contributed by atoms with Gasteiger partial charge in [0.1, 0.15) is 5.69 Å².